The fraction of sp³-hybridized carbons (Fsp3) is 0. The van der Waals surface area contributed by atoms with E-state index in [0.717, 1.165) is 61.3 Å². The van der Waals surface area contributed by atoms with Gasteiger partial charge in [-0.2, -0.15) is 0 Å². The van der Waals surface area contributed by atoms with Crippen LogP contribution in [0.4, 0.5) is 0 Å². The van der Waals surface area contributed by atoms with Crippen LogP contribution in [0.25, 0.3) is 99.7 Å². The summed E-state index contributed by atoms with van der Waals surface area (Å²) in [7, 11) is 0. The fourth-order valence-electron chi connectivity index (χ4n) is 8.30. The minimum absolute atomic E-state index is 0.695. The van der Waals surface area contributed by atoms with Crippen LogP contribution in [0.15, 0.2) is 194 Å². The number of nitrogens with zero attached hydrogens (tertiary/aromatic N) is 4. The molecule has 8 aromatic carbocycles. The molecular weight excluding hydrogens is 657 g/mol. The monoisotopic (exact) mass is 688 g/mol. The van der Waals surface area contributed by atoms with E-state index in [-0.39, 0.29) is 0 Å². The molecule has 0 aliphatic carbocycles. The highest BCUT2D eigenvalue weighted by molar-refractivity contribution is 6.19. The third kappa shape index (κ3) is 4.70. The molecule has 252 valence electrons. The molecule has 0 saturated carbocycles. The second-order valence-electron chi connectivity index (χ2n) is 13.8. The van der Waals surface area contributed by atoms with Gasteiger partial charge in [-0.25, -0.2) is 9.97 Å². The Morgan fingerprint density at radius 1 is 0.315 bits per heavy atom. The van der Waals surface area contributed by atoms with Gasteiger partial charge in [0, 0.05) is 55.0 Å². The molecule has 4 nitrogen and oxygen atoms in total. The van der Waals surface area contributed by atoms with Crippen molar-refractivity contribution in [2.24, 2.45) is 0 Å². The average Bonchev–Trinajstić information content (AvgIpc) is 3.75. The smallest absolute Gasteiger partial charge is 0.160 e. The van der Waals surface area contributed by atoms with Gasteiger partial charge in [0.05, 0.1) is 33.3 Å². The van der Waals surface area contributed by atoms with Crippen molar-refractivity contribution >= 4 is 54.5 Å². The molecule has 0 amide bonds. The highest BCUT2D eigenvalue weighted by Crippen LogP contribution is 2.40. The lowest BCUT2D eigenvalue weighted by molar-refractivity contribution is 1.17. The molecule has 0 N–H and O–H groups in total. The zero-order valence-electron chi connectivity index (χ0n) is 29.3. The number of fused-ring (bicyclic) bond motifs is 7. The van der Waals surface area contributed by atoms with Crippen molar-refractivity contribution in [1.82, 2.24) is 19.1 Å². The molecule has 0 spiro atoms. The number of hydrogen-bond donors (Lipinski definition) is 0. The minimum Gasteiger partial charge on any atom is -0.309 e. The Hall–Kier alpha value is -7.30. The summed E-state index contributed by atoms with van der Waals surface area (Å²) in [5, 5.41) is 5.91. The molecule has 0 aliphatic heterocycles. The summed E-state index contributed by atoms with van der Waals surface area (Å²) in [4.78, 5) is 10.6. The Labute approximate surface area is 311 Å². The van der Waals surface area contributed by atoms with Gasteiger partial charge in [0.1, 0.15) is 0 Å². The lowest BCUT2D eigenvalue weighted by atomic mass is 9.99. The van der Waals surface area contributed by atoms with Gasteiger partial charge >= 0.3 is 0 Å². The average molecular weight is 689 g/mol. The summed E-state index contributed by atoms with van der Waals surface area (Å²) in [6.45, 7) is 0. The molecule has 0 fully saturated rings. The van der Waals surface area contributed by atoms with Crippen molar-refractivity contribution in [1.29, 1.82) is 0 Å². The maximum absolute atomic E-state index is 5.34. The number of para-hydroxylation sites is 4. The highest BCUT2D eigenvalue weighted by Gasteiger charge is 2.20. The van der Waals surface area contributed by atoms with E-state index >= 15 is 0 Å². The largest absolute Gasteiger partial charge is 0.309 e. The maximum Gasteiger partial charge on any atom is 0.160 e. The van der Waals surface area contributed by atoms with Gasteiger partial charge in [0.15, 0.2) is 5.82 Å². The molecule has 11 rings (SSSR count). The van der Waals surface area contributed by atoms with Crippen LogP contribution in [0.2, 0.25) is 0 Å². The number of benzene rings is 8. The molecule has 0 atom stereocenters. The van der Waals surface area contributed by atoms with E-state index in [1.54, 1.807) is 0 Å². The molecule has 0 bridgehead atoms. The topological polar surface area (TPSA) is 35.6 Å². The van der Waals surface area contributed by atoms with Gasteiger partial charge < -0.3 is 9.13 Å². The van der Waals surface area contributed by atoms with Crippen LogP contribution >= 0.6 is 0 Å². The first-order valence-corrected chi connectivity index (χ1v) is 18.3. The predicted molar refractivity (Wildman–Crippen MR) is 225 cm³/mol. The number of hydrogen-bond acceptors (Lipinski definition) is 2. The lowest BCUT2D eigenvalue weighted by Crippen LogP contribution is -1.99. The van der Waals surface area contributed by atoms with Crippen LogP contribution in [-0.4, -0.2) is 19.1 Å². The highest BCUT2D eigenvalue weighted by atomic mass is 15.0. The predicted octanol–water partition coefficient (Wildman–Crippen LogP) is 12.8. The normalized spacial score (nSPS) is 11.7. The summed E-state index contributed by atoms with van der Waals surface area (Å²) in [5.41, 5.74) is 13.0. The summed E-state index contributed by atoms with van der Waals surface area (Å²) < 4.78 is 4.79. The Bertz CT molecular complexity index is 3200. The fourth-order valence-corrected chi connectivity index (χ4v) is 8.30. The van der Waals surface area contributed by atoms with Gasteiger partial charge in [0.25, 0.3) is 0 Å². The van der Waals surface area contributed by atoms with Crippen LogP contribution in [0.5, 0.6) is 0 Å². The molecule has 3 aromatic heterocycles. The van der Waals surface area contributed by atoms with Crippen molar-refractivity contribution in [2.45, 2.75) is 0 Å². The van der Waals surface area contributed by atoms with Crippen molar-refractivity contribution < 1.29 is 0 Å². The first-order chi connectivity index (χ1) is 26.8. The van der Waals surface area contributed by atoms with E-state index in [1.165, 1.54) is 32.6 Å². The zero-order chi connectivity index (χ0) is 35.6. The van der Waals surface area contributed by atoms with Crippen LogP contribution in [0, 0.1) is 0 Å². The SMILES string of the molecule is c1ccc(-c2nc(-c3cccc(-n4c5ccccc5c5cc6c(cc54)c4ccccc4n6-c4ccccc4)c3)nc3c(-c4ccccc4)cccc23)cc1. The van der Waals surface area contributed by atoms with Gasteiger partial charge in [-0.3, -0.25) is 0 Å². The zero-order valence-corrected chi connectivity index (χ0v) is 29.3. The van der Waals surface area contributed by atoms with Crippen molar-refractivity contribution in [3.8, 4) is 45.1 Å². The Morgan fingerprint density at radius 2 is 0.815 bits per heavy atom. The molecular formula is C50H32N4. The van der Waals surface area contributed by atoms with E-state index in [9.17, 15) is 0 Å². The summed E-state index contributed by atoms with van der Waals surface area (Å²) in [6.07, 6.45) is 0. The molecule has 0 radical (unpaired) electrons. The Morgan fingerprint density at radius 3 is 1.48 bits per heavy atom. The summed E-state index contributed by atoms with van der Waals surface area (Å²) in [6, 6.07) is 68.9. The molecule has 0 unspecified atom stereocenters. The van der Waals surface area contributed by atoms with Crippen LogP contribution in [-0.2, 0) is 0 Å². The number of rotatable bonds is 5. The quantitative estimate of drug-likeness (QED) is 0.180. The first kappa shape index (κ1) is 30.3. The second kappa shape index (κ2) is 12.1. The van der Waals surface area contributed by atoms with Gasteiger partial charge in [-0.05, 0) is 54.1 Å². The lowest BCUT2D eigenvalue weighted by Gasteiger charge is -2.14. The molecule has 0 saturated heterocycles. The van der Waals surface area contributed by atoms with Crippen molar-refractivity contribution in [3.05, 3.63) is 194 Å². The van der Waals surface area contributed by atoms with Crippen molar-refractivity contribution in [2.75, 3.05) is 0 Å². The Kier molecular flexibility index (Phi) is 6.82. The molecule has 54 heavy (non-hydrogen) atoms. The van der Waals surface area contributed by atoms with Crippen molar-refractivity contribution in [3.63, 3.8) is 0 Å². The summed E-state index contributed by atoms with van der Waals surface area (Å²) >= 11 is 0. The first-order valence-electron chi connectivity index (χ1n) is 18.3. The molecule has 11 aromatic rings. The van der Waals surface area contributed by atoms with Gasteiger partial charge in [0.2, 0.25) is 0 Å². The Balaban J connectivity index is 1.16. The van der Waals surface area contributed by atoms with E-state index in [0.29, 0.717) is 5.82 Å². The van der Waals surface area contributed by atoms with Gasteiger partial charge in [-0.15, -0.1) is 0 Å². The third-order valence-corrected chi connectivity index (χ3v) is 10.7. The van der Waals surface area contributed by atoms with Crippen LogP contribution in [0.3, 0.4) is 0 Å². The third-order valence-electron chi connectivity index (χ3n) is 10.7. The standard InChI is InChI=1S/C50H32N4/c1-4-16-33(17-5-1)38-26-15-27-41-48(34-18-6-2-7-19-34)51-50(52-49(38)41)35-20-14-23-37(30-35)54-45-29-13-11-25-40(45)43-31-46-42(32-47(43)54)39-24-10-12-28-44(39)53(46)36-21-8-3-9-22-36/h1-32H. The van der Waals surface area contributed by atoms with E-state index in [4.69, 9.17) is 9.97 Å². The minimum atomic E-state index is 0.695. The molecule has 0 aliphatic rings. The summed E-state index contributed by atoms with van der Waals surface area (Å²) in [5.74, 6) is 0.695. The van der Waals surface area contributed by atoms with E-state index in [2.05, 4.69) is 197 Å². The second-order valence-corrected chi connectivity index (χ2v) is 13.8. The maximum atomic E-state index is 5.34. The molecule has 4 heteroatoms. The molecule has 3 heterocycles. The van der Waals surface area contributed by atoms with E-state index in [1.807, 2.05) is 6.07 Å². The van der Waals surface area contributed by atoms with Crippen LogP contribution in [0.1, 0.15) is 0 Å². The van der Waals surface area contributed by atoms with Crippen LogP contribution < -0.4 is 0 Å². The van der Waals surface area contributed by atoms with Gasteiger partial charge in [-0.1, -0.05) is 146 Å². The number of aromatic nitrogens is 4. The van der Waals surface area contributed by atoms with E-state index < -0.39 is 0 Å².